The van der Waals surface area contributed by atoms with E-state index >= 15 is 0 Å². The first kappa shape index (κ1) is 20.1. The monoisotopic (exact) mass is 440 g/mol. The smallest absolute Gasteiger partial charge is 0.282 e. The van der Waals surface area contributed by atoms with Crippen molar-refractivity contribution in [2.75, 3.05) is 25.1 Å². The van der Waals surface area contributed by atoms with Gasteiger partial charge in [-0.1, -0.05) is 48.9 Å². The van der Waals surface area contributed by atoms with Gasteiger partial charge in [0.05, 0.1) is 12.7 Å². The van der Waals surface area contributed by atoms with E-state index in [2.05, 4.69) is 22.0 Å². The molecule has 2 atom stereocenters. The van der Waals surface area contributed by atoms with Gasteiger partial charge in [0, 0.05) is 24.3 Å². The van der Waals surface area contributed by atoms with Gasteiger partial charge < -0.3 is 14.6 Å². The number of nitrogens with one attached hydrogen (secondary N) is 1. The molecule has 2 aromatic heterocycles. The van der Waals surface area contributed by atoms with Crippen LogP contribution in [0.4, 0.5) is 5.69 Å². The number of H-pyrrole nitrogens is 1. The van der Waals surface area contributed by atoms with Crippen molar-refractivity contribution in [3.05, 3.63) is 70.6 Å². The minimum atomic E-state index is -0.103. The Morgan fingerprint density at radius 1 is 0.970 bits per heavy atom. The Morgan fingerprint density at radius 2 is 1.67 bits per heavy atom. The lowest BCUT2D eigenvalue weighted by atomic mass is 10.0. The second-order valence-electron chi connectivity index (χ2n) is 9.34. The number of benzene rings is 2. The van der Waals surface area contributed by atoms with Gasteiger partial charge in [0.15, 0.2) is 5.65 Å². The third kappa shape index (κ3) is 3.24. The number of rotatable bonds is 4. The standard InChI is InChI=1S/C27H28N4O2/c1-17-23(18-11-13-22(33-2)14-12-18)27(32)31-26(28-17)25(24(29-31)19-7-4-3-5-8-19)30-15-20-9-6-10-21(20)16-30/h3-5,7-8,11-14,20-21,28H,6,9-10,15-16H2,1-2H3. The predicted molar refractivity (Wildman–Crippen MR) is 131 cm³/mol. The van der Waals surface area contributed by atoms with Gasteiger partial charge in [-0.25, -0.2) is 0 Å². The molecular weight excluding hydrogens is 412 g/mol. The molecule has 168 valence electrons. The Bertz CT molecular complexity index is 1360. The van der Waals surface area contributed by atoms with Crippen molar-refractivity contribution < 1.29 is 4.74 Å². The van der Waals surface area contributed by atoms with Gasteiger partial charge in [-0.15, -0.1) is 0 Å². The summed E-state index contributed by atoms with van der Waals surface area (Å²) in [5, 5.41) is 4.89. The second-order valence-corrected chi connectivity index (χ2v) is 9.34. The minimum absolute atomic E-state index is 0.103. The van der Waals surface area contributed by atoms with Crippen LogP contribution in [0.3, 0.4) is 0 Å². The van der Waals surface area contributed by atoms with Crippen LogP contribution in [0.25, 0.3) is 28.0 Å². The highest BCUT2D eigenvalue weighted by Crippen LogP contribution is 2.43. The van der Waals surface area contributed by atoms with Crippen LogP contribution in [0.1, 0.15) is 25.0 Å². The summed E-state index contributed by atoms with van der Waals surface area (Å²) in [6.45, 7) is 4.04. The third-order valence-corrected chi connectivity index (χ3v) is 7.42. The fraction of sp³-hybridized carbons (Fsp3) is 0.333. The van der Waals surface area contributed by atoms with Crippen molar-refractivity contribution in [3.63, 3.8) is 0 Å². The summed E-state index contributed by atoms with van der Waals surface area (Å²) in [7, 11) is 1.64. The van der Waals surface area contributed by atoms with Gasteiger partial charge in [0.25, 0.3) is 5.56 Å². The number of fused-ring (bicyclic) bond motifs is 2. The first-order valence-corrected chi connectivity index (χ1v) is 11.7. The van der Waals surface area contributed by atoms with E-state index in [4.69, 9.17) is 9.84 Å². The Hall–Kier alpha value is -3.54. The Morgan fingerprint density at radius 3 is 2.33 bits per heavy atom. The highest BCUT2D eigenvalue weighted by atomic mass is 16.5. The lowest BCUT2D eigenvalue weighted by molar-refractivity contribution is 0.415. The molecule has 6 rings (SSSR count). The molecule has 1 aliphatic heterocycles. The molecule has 1 saturated heterocycles. The van der Waals surface area contributed by atoms with E-state index in [9.17, 15) is 4.79 Å². The molecule has 2 unspecified atom stereocenters. The Balaban J connectivity index is 1.56. The topological polar surface area (TPSA) is 62.6 Å². The van der Waals surface area contributed by atoms with Gasteiger partial charge in [-0.05, 0) is 49.3 Å². The number of anilines is 1. The van der Waals surface area contributed by atoms with Crippen molar-refractivity contribution in [2.45, 2.75) is 26.2 Å². The largest absolute Gasteiger partial charge is 0.497 e. The molecule has 0 radical (unpaired) electrons. The predicted octanol–water partition coefficient (Wildman–Crippen LogP) is 4.91. The number of aromatic nitrogens is 3. The number of hydrogen-bond donors (Lipinski definition) is 1. The average Bonchev–Trinajstić information content (AvgIpc) is 3.53. The van der Waals surface area contributed by atoms with E-state index in [-0.39, 0.29) is 5.56 Å². The van der Waals surface area contributed by atoms with E-state index in [0.717, 1.165) is 64.5 Å². The van der Waals surface area contributed by atoms with Gasteiger partial charge in [0.1, 0.15) is 17.1 Å². The zero-order valence-corrected chi connectivity index (χ0v) is 19.0. The molecule has 6 heteroatoms. The van der Waals surface area contributed by atoms with Crippen LogP contribution < -0.4 is 15.2 Å². The highest BCUT2D eigenvalue weighted by molar-refractivity contribution is 5.87. The summed E-state index contributed by atoms with van der Waals surface area (Å²) >= 11 is 0. The molecule has 2 fully saturated rings. The van der Waals surface area contributed by atoms with Crippen molar-refractivity contribution in [1.29, 1.82) is 0 Å². The molecule has 2 aromatic carbocycles. The molecule has 0 amide bonds. The van der Waals surface area contributed by atoms with Gasteiger partial charge in [-0.2, -0.15) is 9.61 Å². The van der Waals surface area contributed by atoms with E-state index in [1.54, 1.807) is 11.6 Å². The SMILES string of the molecule is COc1ccc(-c2c(C)[nH]c3c(N4CC5CCCC5C4)c(-c4ccccc4)nn3c2=O)cc1. The van der Waals surface area contributed by atoms with Crippen molar-refractivity contribution in [3.8, 4) is 28.1 Å². The van der Waals surface area contributed by atoms with Crippen molar-refractivity contribution >= 4 is 11.3 Å². The second kappa shape index (κ2) is 7.80. The third-order valence-electron chi connectivity index (χ3n) is 7.42. The van der Waals surface area contributed by atoms with Gasteiger partial charge in [-0.3, -0.25) is 4.79 Å². The first-order chi connectivity index (χ1) is 16.1. The lowest BCUT2D eigenvalue weighted by Gasteiger charge is -2.20. The molecular formula is C27H28N4O2. The molecule has 33 heavy (non-hydrogen) atoms. The summed E-state index contributed by atoms with van der Waals surface area (Å²) in [5.74, 6) is 2.26. The molecule has 1 N–H and O–H groups in total. The number of ether oxygens (including phenoxy) is 1. The summed E-state index contributed by atoms with van der Waals surface area (Å²) in [4.78, 5) is 19.8. The van der Waals surface area contributed by atoms with Crippen LogP contribution in [-0.4, -0.2) is 34.8 Å². The van der Waals surface area contributed by atoms with Gasteiger partial charge in [0.2, 0.25) is 0 Å². The number of nitrogens with zero attached hydrogens (tertiary/aromatic N) is 3. The summed E-state index contributed by atoms with van der Waals surface area (Å²) in [6, 6.07) is 17.8. The molecule has 1 saturated carbocycles. The number of aromatic amines is 1. The molecule has 3 heterocycles. The molecule has 4 aromatic rings. The maximum atomic E-state index is 13.7. The molecule has 6 nitrogen and oxygen atoms in total. The number of hydrogen-bond acceptors (Lipinski definition) is 4. The zero-order chi connectivity index (χ0) is 22.5. The van der Waals surface area contributed by atoms with Gasteiger partial charge >= 0.3 is 0 Å². The number of aryl methyl sites for hydroxylation is 1. The zero-order valence-electron chi connectivity index (χ0n) is 19.0. The summed E-state index contributed by atoms with van der Waals surface area (Å²) < 4.78 is 6.85. The van der Waals surface area contributed by atoms with Crippen molar-refractivity contribution in [1.82, 2.24) is 14.6 Å². The quantitative estimate of drug-likeness (QED) is 0.490. The van der Waals surface area contributed by atoms with E-state index in [1.165, 1.54) is 19.3 Å². The lowest BCUT2D eigenvalue weighted by Crippen LogP contribution is -2.23. The summed E-state index contributed by atoms with van der Waals surface area (Å²) in [5.41, 5.74) is 5.97. The summed E-state index contributed by atoms with van der Waals surface area (Å²) in [6.07, 6.45) is 3.95. The van der Waals surface area contributed by atoms with Crippen LogP contribution in [-0.2, 0) is 0 Å². The maximum absolute atomic E-state index is 13.7. The molecule has 1 aliphatic carbocycles. The minimum Gasteiger partial charge on any atom is -0.497 e. The fourth-order valence-corrected chi connectivity index (χ4v) is 5.78. The Labute approximate surface area is 192 Å². The van der Waals surface area contributed by atoms with Crippen molar-refractivity contribution in [2.24, 2.45) is 11.8 Å². The normalized spacial score (nSPS) is 19.9. The van der Waals surface area contributed by atoms with Crippen LogP contribution in [0.5, 0.6) is 5.75 Å². The number of methoxy groups -OCH3 is 1. The Kier molecular flexibility index (Phi) is 4.75. The van der Waals surface area contributed by atoms with E-state index in [1.807, 2.05) is 49.4 Å². The molecule has 2 aliphatic rings. The van der Waals surface area contributed by atoms with Crippen LogP contribution in [0, 0.1) is 18.8 Å². The van der Waals surface area contributed by atoms with Crippen LogP contribution in [0.2, 0.25) is 0 Å². The van der Waals surface area contributed by atoms with E-state index in [0.29, 0.717) is 5.56 Å². The molecule has 0 bridgehead atoms. The maximum Gasteiger partial charge on any atom is 0.282 e. The fourth-order valence-electron chi connectivity index (χ4n) is 5.78. The highest BCUT2D eigenvalue weighted by Gasteiger charge is 2.38. The first-order valence-electron chi connectivity index (χ1n) is 11.7. The van der Waals surface area contributed by atoms with E-state index < -0.39 is 0 Å². The molecule has 0 spiro atoms. The van der Waals surface area contributed by atoms with Crippen LogP contribution >= 0.6 is 0 Å². The average molecular weight is 441 g/mol. The van der Waals surface area contributed by atoms with Crippen LogP contribution in [0.15, 0.2) is 59.4 Å².